The Morgan fingerprint density at radius 2 is 0.658 bits per heavy atom. The molecule has 120 heavy (non-hydrogen) atoms. The van der Waals surface area contributed by atoms with Gasteiger partial charge >= 0.3 is 22.5 Å². The molecular formula is C89H73F6N19O5S. The lowest BCUT2D eigenvalue weighted by Crippen LogP contribution is -2.09. The Labute approximate surface area is 686 Å². The summed E-state index contributed by atoms with van der Waals surface area (Å²) in [5.74, 6) is 1.73. The number of hydrogen-bond acceptors (Lipinski definition) is 23. The highest BCUT2D eigenvalue weighted by Gasteiger charge is 2.37. The topological polar surface area (TPSA) is 343 Å². The number of para-hydroxylation sites is 1. The average molecular weight is 1630 g/mol. The zero-order valence-corrected chi connectivity index (χ0v) is 66.4. The maximum absolute atomic E-state index is 13.7. The van der Waals surface area contributed by atoms with Gasteiger partial charge in [0.05, 0.1) is 44.1 Å². The van der Waals surface area contributed by atoms with Crippen molar-refractivity contribution in [3.05, 3.63) is 331 Å². The number of rotatable bonds is 22. The van der Waals surface area contributed by atoms with E-state index in [0.717, 1.165) is 68.6 Å². The second-order valence-corrected chi connectivity index (χ2v) is 28.7. The summed E-state index contributed by atoms with van der Waals surface area (Å²) in [6, 6.07) is 73.3. The number of pyridine rings is 3. The molecule has 31 heteroatoms. The van der Waals surface area contributed by atoms with E-state index in [1.165, 1.54) is 30.3 Å². The lowest BCUT2D eigenvalue weighted by atomic mass is 10.1. The van der Waals surface area contributed by atoms with Crippen LogP contribution in [0.25, 0.3) is 0 Å². The fourth-order valence-electron chi connectivity index (χ4n) is 12.0. The third-order valence-corrected chi connectivity index (χ3v) is 19.1. The highest BCUT2D eigenvalue weighted by molar-refractivity contribution is 7.87. The first-order valence-electron chi connectivity index (χ1n) is 36.6. The van der Waals surface area contributed by atoms with Crippen molar-refractivity contribution in [1.82, 2.24) is 15.0 Å². The molecule has 0 bridgehead atoms. The molecule has 0 fully saturated rings. The number of azo groups is 3. The van der Waals surface area contributed by atoms with Crippen LogP contribution < -0.4 is 36.1 Å². The molecule has 3 heterocycles. The third kappa shape index (κ3) is 21.9. The van der Waals surface area contributed by atoms with Gasteiger partial charge in [0.25, 0.3) is 5.69 Å². The maximum Gasteiger partial charge on any atom is 0.418 e. The van der Waals surface area contributed by atoms with Crippen LogP contribution in [-0.2, 0) is 22.5 Å². The zero-order valence-electron chi connectivity index (χ0n) is 65.6. The number of aryl methyl sites for hydroxylation is 6. The minimum Gasteiger partial charge on any atom is -0.379 e. The fourth-order valence-corrected chi connectivity index (χ4v) is 13.1. The van der Waals surface area contributed by atoms with Gasteiger partial charge < -0.3 is 36.1 Å². The molecule has 0 saturated carbocycles. The van der Waals surface area contributed by atoms with E-state index in [0.29, 0.717) is 51.5 Å². The number of nitriles is 3. The summed E-state index contributed by atoms with van der Waals surface area (Å²) < 4.78 is 113. The minimum absolute atomic E-state index is 0.0272. The van der Waals surface area contributed by atoms with Crippen LogP contribution in [0.5, 0.6) is 5.75 Å². The molecule has 24 nitrogen and oxygen atoms in total. The number of halogens is 6. The summed E-state index contributed by atoms with van der Waals surface area (Å²) >= 11 is 0. The molecule has 0 atom stereocenters. The molecule has 6 N–H and O–H groups in total. The number of aromatic nitrogens is 3. The summed E-state index contributed by atoms with van der Waals surface area (Å²) in [6.07, 6.45) is -9.51. The SMILES string of the molecule is Cc1cccc(Nc2nc(Nc3cccc(C)c3)c(N=Nc3ccc([N+](=O)[O-])cc3C(F)(F)F)c(C)c2C#N)c1.Cc1cccc(Nc2nc(Nc3cccc(C)c3)c(N=Nc3ccccc3C(F)(F)F)c(C)c2C#N)c1.Cc1cccc(Nc2nc(Nc3cccc(C)c3)c(N=Nc3ccccc3S(=O)(=O)Oc3ccccc3)c(C)c2C#N)c1. The summed E-state index contributed by atoms with van der Waals surface area (Å²) in [6.45, 7) is 16.6. The summed E-state index contributed by atoms with van der Waals surface area (Å²) in [7, 11) is -4.23. The molecule has 0 radical (unpaired) electrons. The van der Waals surface area contributed by atoms with Crippen molar-refractivity contribution in [2.24, 2.45) is 30.7 Å². The molecule has 0 unspecified atom stereocenters. The number of hydrogen-bond donors (Lipinski definition) is 6. The maximum atomic E-state index is 13.7. The number of nitro benzene ring substituents is 1. The van der Waals surface area contributed by atoms with Crippen LogP contribution >= 0.6 is 0 Å². The Kier molecular flexibility index (Phi) is 26.9. The zero-order chi connectivity index (χ0) is 86.0. The molecule has 10 aromatic carbocycles. The molecule has 0 saturated heterocycles. The van der Waals surface area contributed by atoms with Crippen LogP contribution in [0.1, 0.15) is 77.9 Å². The molecule has 602 valence electrons. The van der Waals surface area contributed by atoms with Gasteiger partial charge in [0.2, 0.25) is 0 Å². The molecular weight excluding hydrogens is 1560 g/mol. The Bertz CT molecular complexity index is 6380. The molecule has 0 aliphatic heterocycles. The van der Waals surface area contributed by atoms with Crippen molar-refractivity contribution < 1.29 is 43.9 Å². The van der Waals surface area contributed by atoms with Gasteiger partial charge in [0.1, 0.15) is 51.6 Å². The number of benzene rings is 10. The summed E-state index contributed by atoms with van der Waals surface area (Å²) in [4.78, 5) is 23.9. The first-order chi connectivity index (χ1) is 57.3. The molecule has 13 rings (SSSR count). The third-order valence-electron chi connectivity index (χ3n) is 17.8. The first kappa shape index (κ1) is 85.3. The largest absolute Gasteiger partial charge is 0.418 e. The molecule has 0 amide bonds. The highest BCUT2D eigenvalue weighted by Crippen LogP contribution is 2.45. The van der Waals surface area contributed by atoms with Crippen molar-refractivity contribution >= 4 is 119 Å². The molecule has 0 spiro atoms. The van der Waals surface area contributed by atoms with Gasteiger partial charge in [-0.1, -0.05) is 115 Å². The summed E-state index contributed by atoms with van der Waals surface area (Å²) in [5.41, 5.74) is 8.74. The van der Waals surface area contributed by atoms with E-state index in [-0.39, 0.29) is 79.0 Å². The second kappa shape index (κ2) is 37.8. The average Bonchev–Trinajstić information content (AvgIpc) is 0.804. The summed E-state index contributed by atoms with van der Waals surface area (Å²) in [5, 5.41) is 85.0. The number of alkyl halides is 6. The van der Waals surface area contributed by atoms with Crippen LogP contribution in [0.2, 0.25) is 0 Å². The van der Waals surface area contributed by atoms with Gasteiger partial charge in [-0.3, -0.25) is 10.1 Å². The van der Waals surface area contributed by atoms with Crippen LogP contribution in [0, 0.1) is 106 Å². The number of non-ortho nitro benzene ring substituents is 1. The normalized spacial score (nSPS) is 11.3. The van der Waals surface area contributed by atoms with E-state index >= 15 is 0 Å². The number of nitrogens with zero attached hydrogens (tertiary/aromatic N) is 13. The fraction of sp³-hybridized carbons (Fsp3) is 0.124. The van der Waals surface area contributed by atoms with Crippen LogP contribution in [0.15, 0.2) is 278 Å². The quantitative estimate of drug-likeness (QED) is 0.0121. The van der Waals surface area contributed by atoms with Crippen molar-refractivity contribution in [2.75, 3.05) is 31.9 Å². The van der Waals surface area contributed by atoms with E-state index in [1.54, 1.807) is 75.4 Å². The van der Waals surface area contributed by atoms with Crippen LogP contribution in [0.4, 0.5) is 135 Å². The molecule has 13 aromatic rings. The van der Waals surface area contributed by atoms with Crippen LogP contribution in [-0.4, -0.2) is 28.3 Å². The van der Waals surface area contributed by atoms with Crippen molar-refractivity contribution in [2.45, 2.75) is 79.6 Å². The van der Waals surface area contributed by atoms with E-state index < -0.39 is 49.9 Å². The lowest BCUT2D eigenvalue weighted by Gasteiger charge is -2.16. The Hall–Kier alpha value is -15.6. The van der Waals surface area contributed by atoms with Gasteiger partial charge in [0, 0.05) is 62.9 Å². The number of nitro groups is 1. The van der Waals surface area contributed by atoms with Crippen LogP contribution in [0.3, 0.4) is 0 Å². The predicted octanol–water partition coefficient (Wildman–Crippen LogP) is 26.1. The lowest BCUT2D eigenvalue weighted by molar-refractivity contribution is -0.385. The number of nitrogens with one attached hydrogen (secondary N) is 6. The Morgan fingerprint density at radius 3 is 0.983 bits per heavy atom. The molecule has 3 aromatic heterocycles. The highest BCUT2D eigenvalue weighted by atomic mass is 32.2. The first-order valence-corrected chi connectivity index (χ1v) is 38.0. The Morgan fingerprint density at radius 1 is 0.358 bits per heavy atom. The standard InChI is InChI=1S/C33H28N6O3S.C28H22F3N7O2.C28H23F3N6/c1-22-11-9-13-25(19-22)35-32-28(21-34)24(3)31(33(37-32)36-26-14-10-12-23(2)20-26)39-38-29-17-7-8-18-30(29)43(40,41)42-27-15-5-4-6-16-27;1-16-6-4-8-19(12-16)33-26-22(15-32)18(3)25(27(35-26)34-20-9-5-7-17(2)13-20)37-36-24-11-10-21(38(39)40)14-23(24)28(29,30)31;1-17-8-6-10-20(14-17)33-26-22(16-32)19(3)25(27(35-26)34-21-11-7-9-18(2)15-21)37-36-24-13-5-4-12-23(24)28(29,30)31/h4-20H,1-3H3,(H2,35,36,37);4-14H,1-3H3,(H2,33,34,35);4-15H,1-3H3,(H2,33,34,35). The molecule has 0 aliphatic carbocycles. The van der Waals surface area contributed by atoms with Crippen molar-refractivity contribution in [1.29, 1.82) is 15.8 Å². The monoisotopic (exact) mass is 1630 g/mol. The number of anilines is 12. The predicted molar refractivity (Wildman–Crippen MR) is 451 cm³/mol. The minimum atomic E-state index is -4.92. The van der Waals surface area contributed by atoms with E-state index in [1.807, 2.05) is 175 Å². The smallest absolute Gasteiger partial charge is 0.379 e. The van der Waals surface area contributed by atoms with E-state index in [2.05, 4.69) is 90.8 Å². The second-order valence-electron chi connectivity index (χ2n) is 27.2. The molecule has 0 aliphatic rings. The van der Waals surface area contributed by atoms with E-state index in [4.69, 9.17) is 9.17 Å². The van der Waals surface area contributed by atoms with Gasteiger partial charge in [-0.25, -0.2) is 15.0 Å². The van der Waals surface area contributed by atoms with Gasteiger partial charge in [-0.15, -0.1) is 30.7 Å². The van der Waals surface area contributed by atoms with Gasteiger partial charge in [0.15, 0.2) is 34.9 Å². The van der Waals surface area contributed by atoms with Gasteiger partial charge in [-0.05, 0) is 211 Å². The van der Waals surface area contributed by atoms with E-state index in [9.17, 15) is 60.7 Å². The van der Waals surface area contributed by atoms with Crippen molar-refractivity contribution in [3.63, 3.8) is 0 Å². The van der Waals surface area contributed by atoms with Gasteiger partial charge in [-0.2, -0.15) is 50.5 Å². The Balaban J connectivity index is 0.000000177. The van der Waals surface area contributed by atoms with Crippen molar-refractivity contribution in [3.8, 4) is 24.0 Å².